The van der Waals surface area contributed by atoms with E-state index in [1.807, 2.05) is 30.3 Å². The highest BCUT2D eigenvalue weighted by Crippen LogP contribution is 2.14. The number of hydrogen-bond acceptors (Lipinski definition) is 5. The lowest BCUT2D eigenvalue weighted by Gasteiger charge is -2.13. The number of aromatic nitrogens is 1. The van der Waals surface area contributed by atoms with Gasteiger partial charge in [-0.1, -0.05) is 30.3 Å². The summed E-state index contributed by atoms with van der Waals surface area (Å²) in [7, 11) is 0. The summed E-state index contributed by atoms with van der Waals surface area (Å²) in [5, 5.41) is 13.6. The topological polar surface area (TPSA) is 94.1 Å². The summed E-state index contributed by atoms with van der Waals surface area (Å²) in [5.74, 6) is -0.169. The molecule has 1 unspecified atom stereocenters. The molecule has 1 aromatic heterocycles. The second kappa shape index (κ2) is 5.92. The van der Waals surface area contributed by atoms with E-state index < -0.39 is 4.92 Å². The number of pyridine rings is 1. The van der Waals surface area contributed by atoms with Gasteiger partial charge >= 0.3 is 5.82 Å². The predicted molar refractivity (Wildman–Crippen MR) is 72.8 cm³/mol. The minimum Gasteiger partial charge on any atom is -0.380 e. The van der Waals surface area contributed by atoms with Crippen molar-refractivity contribution in [1.82, 2.24) is 4.98 Å². The molecule has 3 N–H and O–H groups in total. The normalized spacial score (nSPS) is 11.8. The highest BCUT2D eigenvalue weighted by molar-refractivity contribution is 5.43. The summed E-state index contributed by atoms with van der Waals surface area (Å²) < 4.78 is 0. The Bertz CT molecular complexity index is 542. The zero-order valence-electron chi connectivity index (χ0n) is 10.2. The molecule has 0 spiro atoms. The minimum atomic E-state index is -0.528. The molecule has 0 aliphatic heterocycles. The van der Waals surface area contributed by atoms with Crippen LogP contribution in [-0.2, 0) is 0 Å². The van der Waals surface area contributed by atoms with Crippen molar-refractivity contribution >= 4 is 11.5 Å². The van der Waals surface area contributed by atoms with Gasteiger partial charge in [0, 0.05) is 18.7 Å². The Hall–Kier alpha value is -2.47. The van der Waals surface area contributed by atoms with Crippen LogP contribution >= 0.6 is 0 Å². The lowest BCUT2D eigenvalue weighted by molar-refractivity contribution is -0.389. The van der Waals surface area contributed by atoms with E-state index in [1.165, 1.54) is 12.3 Å². The van der Waals surface area contributed by atoms with Crippen molar-refractivity contribution in [2.45, 2.75) is 6.04 Å². The van der Waals surface area contributed by atoms with Gasteiger partial charge in [-0.05, 0) is 21.5 Å². The Morgan fingerprint density at radius 2 is 2.00 bits per heavy atom. The number of nitrogens with one attached hydrogen (secondary N) is 1. The number of rotatable bonds is 5. The monoisotopic (exact) mass is 258 g/mol. The predicted octanol–water partition coefficient (Wildman–Crippen LogP) is 2.10. The lowest BCUT2D eigenvalue weighted by Crippen LogP contribution is -2.20. The van der Waals surface area contributed by atoms with Crippen LogP contribution in [-0.4, -0.2) is 16.5 Å². The molecule has 2 aromatic rings. The first-order valence-corrected chi connectivity index (χ1v) is 5.81. The first kappa shape index (κ1) is 13.0. The highest BCUT2D eigenvalue weighted by Gasteiger charge is 2.08. The van der Waals surface area contributed by atoms with E-state index in [4.69, 9.17) is 5.73 Å². The van der Waals surface area contributed by atoms with Gasteiger partial charge in [-0.3, -0.25) is 0 Å². The second-order valence-electron chi connectivity index (χ2n) is 4.06. The summed E-state index contributed by atoms with van der Waals surface area (Å²) in [6.45, 7) is 0.531. The Morgan fingerprint density at radius 1 is 1.26 bits per heavy atom. The molecule has 6 nitrogen and oxygen atoms in total. The van der Waals surface area contributed by atoms with Crippen molar-refractivity contribution in [3.8, 4) is 0 Å². The number of benzene rings is 1. The molecule has 0 aliphatic rings. The maximum Gasteiger partial charge on any atom is 0.363 e. The third-order valence-electron chi connectivity index (χ3n) is 2.69. The van der Waals surface area contributed by atoms with Gasteiger partial charge in [0.2, 0.25) is 0 Å². The third kappa shape index (κ3) is 3.49. The van der Waals surface area contributed by atoms with E-state index in [0.29, 0.717) is 12.2 Å². The molecule has 0 aliphatic carbocycles. The van der Waals surface area contributed by atoms with Crippen LogP contribution in [0.4, 0.5) is 11.5 Å². The first-order valence-electron chi connectivity index (χ1n) is 5.81. The summed E-state index contributed by atoms with van der Waals surface area (Å²) in [4.78, 5) is 13.7. The van der Waals surface area contributed by atoms with Crippen LogP contribution in [0.3, 0.4) is 0 Å². The molecular weight excluding hydrogens is 244 g/mol. The standard InChI is InChI=1S/C13H14N4O2/c14-12(10-4-2-1-3-5-10)9-15-11-6-7-13(16-8-11)17(18)19/h1-8,12,15H,9,14H2. The molecule has 1 heterocycles. The van der Waals surface area contributed by atoms with Gasteiger partial charge in [-0.25, -0.2) is 0 Å². The minimum absolute atomic E-state index is 0.142. The van der Waals surface area contributed by atoms with Crippen LogP contribution in [0.5, 0.6) is 0 Å². The van der Waals surface area contributed by atoms with Gasteiger partial charge in [-0.2, -0.15) is 0 Å². The van der Waals surface area contributed by atoms with Gasteiger partial charge < -0.3 is 21.2 Å². The van der Waals surface area contributed by atoms with Gasteiger partial charge in [0.1, 0.15) is 0 Å². The molecule has 98 valence electrons. The number of hydrogen-bond donors (Lipinski definition) is 2. The van der Waals surface area contributed by atoms with Gasteiger partial charge in [0.05, 0.1) is 5.69 Å². The van der Waals surface area contributed by atoms with Crippen molar-refractivity contribution < 1.29 is 4.92 Å². The zero-order chi connectivity index (χ0) is 13.7. The molecule has 19 heavy (non-hydrogen) atoms. The number of nitro groups is 1. The van der Waals surface area contributed by atoms with Crippen molar-refractivity contribution in [2.24, 2.45) is 5.73 Å². The largest absolute Gasteiger partial charge is 0.380 e. The SMILES string of the molecule is NC(CNc1ccc([N+](=O)[O-])nc1)c1ccccc1. The fraction of sp³-hybridized carbons (Fsp3) is 0.154. The number of anilines is 1. The maximum absolute atomic E-state index is 10.5. The van der Waals surface area contributed by atoms with Gasteiger partial charge in [0.15, 0.2) is 6.20 Å². The van der Waals surface area contributed by atoms with E-state index in [-0.39, 0.29) is 11.9 Å². The van der Waals surface area contributed by atoms with Gasteiger partial charge in [0.25, 0.3) is 0 Å². The lowest BCUT2D eigenvalue weighted by atomic mass is 10.1. The smallest absolute Gasteiger partial charge is 0.363 e. The molecular formula is C13H14N4O2. The van der Waals surface area contributed by atoms with Crippen LogP contribution < -0.4 is 11.1 Å². The molecule has 1 aromatic carbocycles. The van der Waals surface area contributed by atoms with Crippen molar-refractivity contribution in [3.63, 3.8) is 0 Å². The molecule has 6 heteroatoms. The summed E-state index contributed by atoms with van der Waals surface area (Å²) in [5.41, 5.74) is 7.77. The Labute approximate surface area is 110 Å². The van der Waals surface area contributed by atoms with E-state index in [9.17, 15) is 10.1 Å². The summed E-state index contributed by atoms with van der Waals surface area (Å²) in [6, 6.07) is 12.5. The van der Waals surface area contributed by atoms with Crippen molar-refractivity contribution in [2.75, 3.05) is 11.9 Å². The fourth-order valence-electron chi connectivity index (χ4n) is 1.64. The molecule has 0 saturated heterocycles. The Morgan fingerprint density at radius 3 is 2.58 bits per heavy atom. The quantitative estimate of drug-likeness (QED) is 0.632. The fourth-order valence-corrected chi connectivity index (χ4v) is 1.64. The average molecular weight is 258 g/mol. The Kier molecular flexibility index (Phi) is 4.04. The van der Waals surface area contributed by atoms with Crippen molar-refractivity contribution in [3.05, 3.63) is 64.3 Å². The second-order valence-corrected chi connectivity index (χ2v) is 4.06. The molecule has 2 rings (SSSR count). The van der Waals surface area contributed by atoms with E-state index in [0.717, 1.165) is 5.56 Å². The molecule has 0 radical (unpaired) electrons. The zero-order valence-corrected chi connectivity index (χ0v) is 10.2. The van der Waals surface area contributed by atoms with Gasteiger partial charge in [-0.15, -0.1) is 0 Å². The van der Waals surface area contributed by atoms with Crippen LogP contribution in [0.1, 0.15) is 11.6 Å². The number of nitrogens with two attached hydrogens (primary N) is 1. The third-order valence-corrected chi connectivity index (χ3v) is 2.69. The maximum atomic E-state index is 10.5. The summed E-state index contributed by atoms with van der Waals surface area (Å²) >= 11 is 0. The van der Waals surface area contributed by atoms with Crippen LogP contribution in [0.25, 0.3) is 0 Å². The first-order chi connectivity index (χ1) is 9.16. The number of nitrogens with zero attached hydrogens (tertiary/aromatic N) is 2. The molecule has 1 atom stereocenters. The van der Waals surface area contributed by atoms with Crippen LogP contribution in [0.2, 0.25) is 0 Å². The Balaban J connectivity index is 1.93. The molecule has 0 bridgehead atoms. The molecule has 0 fully saturated rings. The van der Waals surface area contributed by atoms with E-state index in [1.54, 1.807) is 6.07 Å². The van der Waals surface area contributed by atoms with Crippen LogP contribution in [0, 0.1) is 10.1 Å². The highest BCUT2D eigenvalue weighted by atomic mass is 16.6. The summed E-state index contributed by atoms with van der Waals surface area (Å²) in [6.07, 6.45) is 1.43. The van der Waals surface area contributed by atoms with Crippen LogP contribution in [0.15, 0.2) is 48.7 Å². The van der Waals surface area contributed by atoms with E-state index >= 15 is 0 Å². The van der Waals surface area contributed by atoms with E-state index in [2.05, 4.69) is 10.3 Å². The molecule has 0 saturated carbocycles. The van der Waals surface area contributed by atoms with Crippen molar-refractivity contribution in [1.29, 1.82) is 0 Å². The average Bonchev–Trinajstić information content (AvgIpc) is 2.46. The molecule has 0 amide bonds.